The van der Waals surface area contributed by atoms with E-state index in [1.54, 1.807) is 0 Å². The zero-order chi connectivity index (χ0) is 22.5. The van der Waals surface area contributed by atoms with Gasteiger partial charge in [0.1, 0.15) is 17.5 Å². The number of piperazine rings is 1. The van der Waals surface area contributed by atoms with Gasteiger partial charge in [-0.2, -0.15) is 5.26 Å². The Hall–Kier alpha value is -3.37. The Morgan fingerprint density at radius 2 is 1.85 bits per heavy atom. The minimum atomic E-state index is 0.274. The molecule has 7 heteroatoms. The summed E-state index contributed by atoms with van der Waals surface area (Å²) in [4.78, 5) is 21.7. The van der Waals surface area contributed by atoms with Crippen LogP contribution in [0.15, 0.2) is 36.5 Å². The second-order valence-corrected chi connectivity index (χ2v) is 9.45. The predicted octanol–water partition coefficient (Wildman–Crippen LogP) is 3.29. The van der Waals surface area contributed by atoms with Crippen molar-refractivity contribution in [2.45, 2.75) is 37.8 Å². The molecule has 0 spiro atoms. The number of Topliss-reactive ketones (excluding diaryl/α,β-unsaturated/α-hetero) is 1. The number of carbonyl (C=O) groups is 1. The van der Waals surface area contributed by atoms with Gasteiger partial charge < -0.3 is 19.7 Å². The van der Waals surface area contributed by atoms with Crippen LogP contribution in [-0.2, 0) is 6.42 Å². The third-order valence-electron chi connectivity index (χ3n) is 7.68. The van der Waals surface area contributed by atoms with Crippen molar-refractivity contribution in [3.05, 3.63) is 53.2 Å². The molecule has 1 saturated heterocycles. The molecule has 168 valence electrons. The third-order valence-corrected chi connectivity index (χ3v) is 7.68. The number of hydrogen-bond donors (Lipinski definition) is 1. The summed E-state index contributed by atoms with van der Waals surface area (Å²) >= 11 is 0. The van der Waals surface area contributed by atoms with Gasteiger partial charge in [0.05, 0.1) is 5.56 Å². The lowest BCUT2D eigenvalue weighted by molar-refractivity contribution is 0.0994. The van der Waals surface area contributed by atoms with Crippen LogP contribution >= 0.6 is 0 Å². The smallest absolute Gasteiger partial charge is 0.163 e. The SMILES string of the molecule is CN[C@H]1C[C@H](n2cc(C#N)c3ccc(N4CCN(c5ccc6c(c5)CCC6=O)CC4)nc32)C1. The fraction of sp³-hybridized carbons (Fsp3) is 0.423. The number of anilines is 2. The molecular weight excluding hydrogens is 412 g/mol. The molecule has 2 aromatic heterocycles. The summed E-state index contributed by atoms with van der Waals surface area (Å²) in [5, 5.41) is 13.9. The lowest BCUT2D eigenvalue weighted by atomic mass is 9.87. The quantitative estimate of drug-likeness (QED) is 0.671. The number of nitrogens with zero attached hydrogens (tertiary/aromatic N) is 5. The van der Waals surface area contributed by atoms with E-state index in [1.807, 2.05) is 19.3 Å². The van der Waals surface area contributed by atoms with Crippen molar-refractivity contribution < 1.29 is 4.79 Å². The maximum atomic E-state index is 11.9. The molecule has 1 N–H and O–H groups in total. The highest BCUT2D eigenvalue weighted by molar-refractivity contribution is 6.00. The van der Waals surface area contributed by atoms with Crippen molar-refractivity contribution in [2.75, 3.05) is 43.0 Å². The summed E-state index contributed by atoms with van der Waals surface area (Å²) in [5.41, 5.74) is 4.94. The van der Waals surface area contributed by atoms with Gasteiger partial charge in [0.15, 0.2) is 5.78 Å². The minimum Gasteiger partial charge on any atom is -0.368 e. The van der Waals surface area contributed by atoms with Crippen LogP contribution in [0.4, 0.5) is 11.5 Å². The van der Waals surface area contributed by atoms with E-state index in [0.717, 1.165) is 67.9 Å². The number of aromatic nitrogens is 2. The summed E-state index contributed by atoms with van der Waals surface area (Å²) in [7, 11) is 2.01. The van der Waals surface area contributed by atoms with Gasteiger partial charge in [0, 0.05) is 67.5 Å². The maximum absolute atomic E-state index is 11.9. The van der Waals surface area contributed by atoms with Gasteiger partial charge in [-0.25, -0.2) is 4.98 Å². The van der Waals surface area contributed by atoms with Crippen LogP contribution < -0.4 is 15.1 Å². The number of nitriles is 1. The van der Waals surface area contributed by atoms with Crippen molar-refractivity contribution in [1.29, 1.82) is 5.26 Å². The highest BCUT2D eigenvalue weighted by Gasteiger charge is 2.31. The second-order valence-electron chi connectivity index (χ2n) is 9.45. The van der Waals surface area contributed by atoms with E-state index in [-0.39, 0.29) is 5.78 Å². The van der Waals surface area contributed by atoms with Crippen molar-refractivity contribution in [3.8, 4) is 6.07 Å². The molecule has 1 aromatic carbocycles. The summed E-state index contributed by atoms with van der Waals surface area (Å²) in [5.74, 6) is 1.26. The van der Waals surface area contributed by atoms with Crippen LogP contribution in [0.5, 0.6) is 0 Å². The van der Waals surface area contributed by atoms with Crippen LogP contribution in [-0.4, -0.2) is 54.6 Å². The van der Waals surface area contributed by atoms with Crippen LogP contribution in [0.3, 0.4) is 0 Å². The molecule has 3 aliphatic rings. The number of carbonyl (C=O) groups excluding carboxylic acids is 1. The van der Waals surface area contributed by atoms with E-state index >= 15 is 0 Å². The van der Waals surface area contributed by atoms with Crippen LogP contribution in [0.1, 0.15) is 46.8 Å². The molecule has 2 aliphatic carbocycles. The maximum Gasteiger partial charge on any atom is 0.163 e. The first-order valence-electron chi connectivity index (χ1n) is 11.9. The molecule has 0 radical (unpaired) electrons. The number of fused-ring (bicyclic) bond motifs is 2. The van der Waals surface area contributed by atoms with Gasteiger partial charge in [-0.3, -0.25) is 4.79 Å². The lowest BCUT2D eigenvalue weighted by Gasteiger charge is -2.37. The largest absolute Gasteiger partial charge is 0.368 e. The first-order chi connectivity index (χ1) is 16.1. The molecule has 3 aromatic rings. The van der Waals surface area contributed by atoms with Crippen LogP contribution in [0, 0.1) is 11.3 Å². The monoisotopic (exact) mass is 440 g/mol. The Morgan fingerprint density at radius 1 is 1.06 bits per heavy atom. The predicted molar refractivity (Wildman–Crippen MR) is 129 cm³/mol. The lowest BCUT2D eigenvalue weighted by Crippen LogP contribution is -2.46. The number of pyridine rings is 1. The number of benzene rings is 1. The molecule has 0 atom stereocenters. The van der Waals surface area contributed by atoms with Crippen molar-refractivity contribution in [2.24, 2.45) is 0 Å². The Bertz CT molecular complexity index is 1270. The summed E-state index contributed by atoms with van der Waals surface area (Å²) in [6.07, 6.45) is 5.64. The van der Waals surface area contributed by atoms with Crippen molar-refractivity contribution in [1.82, 2.24) is 14.9 Å². The zero-order valence-electron chi connectivity index (χ0n) is 18.9. The van der Waals surface area contributed by atoms with Gasteiger partial charge in [-0.15, -0.1) is 0 Å². The molecule has 6 rings (SSSR count). The highest BCUT2D eigenvalue weighted by atomic mass is 16.1. The molecule has 3 heterocycles. The van der Waals surface area contributed by atoms with Crippen LogP contribution in [0.2, 0.25) is 0 Å². The normalized spacial score (nSPS) is 22.4. The van der Waals surface area contributed by atoms with Gasteiger partial charge in [-0.1, -0.05) is 0 Å². The van der Waals surface area contributed by atoms with E-state index < -0.39 is 0 Å². The molecule has 0 unspecified atom stereocenters. The highest BCUT2D eigenvalue weighted by Crippen LogP contribution is 2.36. The van der Waals surface area contributed by atoms with Crippen molar-refractivity contribution in [3.63, 3.8) is 0 Å². The minimum absolute atomic E-state index is 0.274. The summed E-state index contributed by atoms with van der Waals surface area (Å²) in [6.45, 7) is 3.63. The Balaban J connectivity index is 1.21. The number of hydrogen-bond acceptors (Lipinski definition) is 6. The van der Waals surface area contributed by atoms with Crippen molar-refractivity contribution >= 4 is 28.3 Å². The first-order valence-corrected chi connectivity index (χ1v) is 11.9. The fourth-order valence-corrected chi connectivity index (χ4v) is 5.54. The summed E-state index contributed by atoms with van der Waals surface area (Å²) in [6, 6.07) is 13.7. The first kappa shape index (κ1) is 20.3. The second kappa shape index (κ2) is 7.89. The molecule has 1 saturated carbocycles. The van der Waals surface area contributed by atoms with Gasteiger partial charge in [0.25, 0.3) is 0 Å². The fourth-order valence-electron chi connectivity index (χ4n) is 5.54. The molecule has 33 heavy (non-hydrogen) atoms. The summed E-state index contributed by atoms with van der Waals surface area (Å²) < 4.78 is 2.22. The Morgan fingerprint density at radius 3 is 2.61 bits per heavy atom. The average Bonchev–Trinajstić information content (AvgIpc) is 3.38. The van der Waals surface area contributed by atoms with E-state index in [9.17, 15) is 10.1 Å². The van der Waals surface area contributed by atoms with E-state index in [4.69, 9.17) is 4.98 Å². The topological polar surface area (TPSA) is 77.2 Å². The standard InChI is InChI=1S/C26H28N6O/c1-28-19-13-21(14-19)32-16-18(15-27)23-5-7-25(29-26(23)32)31-10-8-30(9-11-31)20-3-4-22-17(12-20)2-6-24(22)33/h3-5,7,12,16,19,21,28H,2,6,8-11,13-14H2,1H3/t19-,21-. The number of nitrogens with one attached hydrogen (secondary N) is 1. The molecule has 7 nitrogen and oxygen atoms in total. The molecular formula is C26H28N6O. The van der Waals surface area contributed by atoms with Crippen LogP contribution in [0.25, 0.3) is 11.0 Å². The molecule has 1 aliphatic heterocycles. The molecule has 2 fully saturated rings. The van der Waals surface area contributed by atoms with E-state index in [0.29, 0.717) is 24.1 Å². The van der Waals surface area contributed by atoms with E-state index in [2.05, 4.69) is 50.0 Å². The number of ketones is 1. The van der Waals surface area contributed by atoms with Gasteiger partial charge in [-0.05, 0) is 62.2 Å². The number of aryl methyl sites for hydroxylation is 1. The van der Waals surface area contributed by atoms with E-state index in [1.165, 1.54) is 11.3 Å². The zero-order valence-corrected chi connectivity index (χ0v) is 18.9. The Kier molecular flexibility index (Phi) is 4.84. The third kappa shape index (κ3) is 3.37. The average molecular weight is 441 g/mol. The molecule has 0 amide bonds. The number of rotatable bonds is 4. The Labute approximate surface area is 193 Å². The molecule has 0 bridgehead atoms. The van der Waals surface area contributed by atoms with Gasteiger partial charge >= 0.3 is 0 Å². The van der Waals surface area contributed by atoms with Gasteiger partial charge in [0.2, 0.25) is 0 Å².